The number of methoxy groups -OCH3 is 1. The number of rotatable bonds is 8. The first kappa shape index (κ1) is 30.1. The zero-order chi connectivity index (χ0) is 31.4. The largest absolute Gasteiger partial charge is 0.465 e. The molecule has 1 fully saturated rings. The summed E-state index contributed by atoms with van der Waals surface area (Å²) in [6, 6.07) is 5.55. The minimum atomic E-state index is -3.37. The number of amides is 1. The molecule has 2 heterocycles. The summed E-state index contributed by atoms with van der Waals surface area (Å²) < 4.78 is 73.6. The molecule has 8 nitrogen and oxygen atoms in total. The van der Waals surface area contributed by atoms with Crippen LogP contribution in [0.1, 0.15) is 68.5 Å². The Morgan fingerprint density at radius 3 is 2.44 bits per heavy atom. The summed E-state index contributed by atoms with van der Waals surface area (Å²) in [7, 11) is 1.17. The van der Waals surface area contributed by atoms with E-state index in [1.165, 1.54) is 35.9 Å². The number of carbonyl (C=O) groups is 2. The molecule has 1 N–H and O–H groups in total. The molecule has 1 saturated carbocycles. The summed E-state index contributed by atoms with van der Waals surface area (Å²) in [5, 5.41) is 2.88. The van der Waals surface area contributed by atoms with Gasteiger partial charge in [-0.1, -0.05) is 6.58 Å². The first-order valence-electron chi connectivity index (χ1n) is 13.8. The Balaban J connectivity index is 1.70. The Labute approximate surface area is 245 Å². The van der Waals surface area contributed by atoms with E-state index >= 15 is 8.78 Å². The molecule has 228 valence electrons. The second-order valence-electron chi connectivity index (χ2n) is 11.7. The molecule has 0 radical (unpaired) electrons. The van der Waals surface area contributed by atoms with Crippen LogP contribution in [0.5, 0.6) is 0 Å². The van der Waals surface area contributed by atoms with Crippen molar-refractivity contribution in [1.82, 2.24) is 19.4 Å². The van der Waals surface area contributed by atoms with Gasteiger partial charge in [-0.3, -0.25) is 0 Å². The smallest absolute Gasteiger partial charge is 0.408 e. The zero-order valence-electron chi connectivity index (χ0n) is 24.4. The number of alkyl carbamates (subject to hydrolysis) is 1. The lowest BCUT2D eigenvalue weighted by atomic mass is 10.1. The summed E-state index contributed by atoms with van der Waals surface area (Å²) in [4.78, 5) is 29.1. The molecule has 2 aromatic heterocycles. The third kappa shape index (κ3) is 5.95. The number of hydrogen-bond acceptors (Lipinski definition) is 5. The van der Waals surface area contributed by atoms with Gasteiger partial charge in [-0.2, -0.15) is 0 Å². The van der Waals surface area contributed by atoms with E-state index in [0.717, 1.165) is 6.07 Å². The van der Waals surface area contributed by atoms with E-state index in [1.54, 1.807) is 32.3 Å². The fraction of sp³-hybridized carbons (Fsp3) is 0.387. The average Bonchev–Trinajstić information content (AvgIpc) is 3.60. The Morgan fingerprint density at radius 1 is 1.14 bits per heavy atom. The van der Waals surface area contributed by atoms with Crippen LogP contribution in [-0.2, 0) is 16.0 Å². The molecule has 1 atom stereocenters. The van der Waals surface area contributed by atoms with Crippen LogP contribution >= 0.6 is 0 Å². The van der Waals surface area contributed by atoms with Crippen LogP contribution in [0.4, 0.5) is 22.4 Å². The van der Waals surface area contributed by atoms with Crippen molar-refractivity contribution in [2.45, 2.75) is 70.7 Å². The Hall–Kier alpha value is -4.35. The first-order valence-corrected chi connectivity index (χ1v) is 13.8. The minimum absolute atomic E-state index is 0.0450. The van der Waals surface area contributed by atoms with Gasteiger partial charge >= 0.3 is 12.1 Å². The summed E-state index contributed by atoms with van der Waals surface area (Å²) >= 11 is 0. The molecule has 0 unspecified atom stereocenters. The predicted octanol–water partition coefficient (Wildman–Crippen LogP) is 7.46. The van der Waals surface area contributed by atoms with Crippen LogP contribution in [0.25, 0.3) is 33.5 Å². The maximum atomic E-state index is 15.5. The maximum absolute atomic E-state index is 15.5. The van der Waals surface area contributed by atoms with Crippen molar-refractivity contribution in [2.75, 3.05) is 7.11 Å². The molecule has 1 aliphatic carbocycles. The van der Waals surface area contributed by atoms with Gasteiger partial charge in [0.2, 0.25) is 0 Å². The predicted molar refractivity (Wildman–Crippen MR) is 153 cm³/mol. The summed E-state index contributed by atoms with van der Waals surface area (Å²) in [5.41, 5.74) is -0.0574. The number of allylic oxidation sites excluding steroid dienone is 1. The maximum Gasteiger partial charge on any atom is 0.408 e. The third-order valence-electron chi connectivity index (χ3n) is 7.19. The van der Waals surface area contributed by atoms with Crippen molar-refractivity contribution in [1.29, 1.82) is 0 Å². The SMILES string of the molecule is C=CC(F)(F)Cn1c(-c2nc3cc(C(=O)OC)cc(F)c3n2C2CC2)cc2cc(F)c([C@@H](C)NC(=O)OC(C)(C)C)cc21. The number of alkyl halides is 2. The van der Waals surface area contributed by atoms with Crippen LogP contribution in [0, 0.1) is 11.6 Å². The topological polar surface area (TPSA) is 87.4 Å². The van der Waals surface area contributed by atoms with E-state index < -0.39 is 47.8 Å². The molecule has 5 rings (SSSR count). The molecule has 0 saturated heterocycles. The Kier molecular flexibility index (Phi) is 7.52. The quantitative estimate of drug-likeness (QED) is 0.129. The number of fused-ring (bicyclic) bond motifs is 2. The molecule has 4 aromatic rings. The molecule has 1 aliphatic rings. The Morgan fingerprint density at radius 2 is 1.84 bits per heavy atom. The number of esters is 1. The fourth-order valence-corrected chi connectivity index (χ4v) is 5.11. The molecule has 0 spiro atoms. The molecule has 2 aromatic carbocycles. The van der Waals surface area contributed by atoms with Gasteiger partial charge < -0.3 is 23.9 Å². The number of hydrogen-bond donors (Lipinski definition) is 1. The number of ether oxygens (including phenoxy) is 2. The average molecular weight is 601 g/mol. The number of nitrogens with zero attached hydrogens (tertiary/aromatic N) is 3. The second-order valence-corrected chi connectivity index (χ2v) is 11.7. The van der Waals surface area contributed by atoms with Gasteiger partial charge in [0.25, 0.3) is 5.92 Å². The van der Waals surface area contributed by atoms with E-state index in [4.69, 9.17) is 9.47 Å². The lowest BCUT2D eigenvalue weighted by Gasteiger charge is -2.22. The minimum Gasteiger partial charge on any atom is -0.465 e. The van der Waals surface area contributed by atoms with Crippen molar-refractivity contribution in [3.8, 4) is 11.5 Å². The van der Waals surface area contributed by atoms with Crippen molar-refractivity contribution in [3.05, 3.63) is 65.7 Å². The van der Waals surface area contributed by atoms with E-state index in [9.17, 15) is 18.4 Å². The van der Waals surface area contributed by atoms with Crippen molar-refractivity contribution >= 4 is 34.0 Å². The van der Waals surface area contributed by atoms with Gasteiger partial charge in [0.15, 0.2) is 5.82 Å². The normalized spacial score (nSPS) is 14.6. The molecule has 0 bridgehead atoms. The Bertz CT molecular complexity index is 1770. The van der Waals surface area contributed by atoms with Crippen molar-refractivity contribution < 1.29 is 36.6 Å². The van der Waals surface area contributed by atoms with Gasteiger partial charge in [0, 0.05) is 22.5 Å². The highest BCUT2D eigenvalue weighted by Crippen LogP contribution is 2.44. The number of nitrogens with one attached hydrogen (secondary N) is 1. The van der Waals surface area contributed by atoms with E-state index in [0.29, 0.717) is 24.3 Å². The van der Waals surface area contributed by atoms with Gasteiger partial charge in [-0.15, -0.1) is 0 Å². The lowest BCUT2D eigenvalue weighted by molar-refractivity contribution is 0.0380. The second kappa shape index (κ2) is 10.7. The zero-order valence-corrected chi connectivity index (χ0v) is 24.4. The van der Waals surface area contributed by atoms with Crippen molar-refractivity contribution in [3.63, 3.8) is 0 Å². The molecular formula is C31H32F4N4O4. The van der Waals surface area contributed by atoms with Crippen LogP contribution in [0.2, 0.25) is 0 Å². The number of carbonyl (C=O) groups excluding carboxylic acids is 2. The number of imidazole rings is 1. The number of benzene rings is 2. The number of aromatic nitrogens is 3. The monoisotopic (exact) mass is 600 g/mol. The van der Waals surface area contributed by atoms with Crippen LogP contribution < -0.4 is 5.32 Å². The lowest BCUT2D eigenvalue weighted by Crippen LogP contribution is -2.34. The van der Waals surface area contributed by atoms with Gasteiger partial charge in [0.05, 0.1) is 36.5 Å². The van der Waals surface area contributed by atoms with E-state index in [-0.39, 0.29) is 45.2 Å². The third-order valence-corrected chi connectivity index (χ3v) is 7.19. The standard InChI is InChI=1S/C31H32F4N4O4/c1-7-31(34,35)15-38-24-14-20(16(2)36-29(41)43-30(3,4)5)21(32)10-17(24)13-25(38)27-37-23-12-18(28(40)42-6)11-22(33)26(23)39(27)19-8-9-19/h7,10-14,16,19H,1,8-9,15H2,2-6H3,(H,36,41)/t16-/m1/s1. The number of halogens is 4. The highest BCUT2D eigenvalue weighted by atomic mass is 19.3. The van der Waals surface area contributed by atoms with E-state index in [2.05, 4.69) is 16.9 Å². The molecule has 43 heavy (non-hydrogen) atoms. The summed E-state index contributed by atoms with van der Waals surface area (Å²) in [6.07, 6.45) is 1.19. The fourth-order valence-electron chi connectivity index (χ4n) is 5.11. The summed E-state index contributed by atoms with van der Waals surface area (Å²) in [5.74, 6) is -5.30. The van der Waals surface area contributed by atoms with Crippen LogP contribution in [0.15, 0.2) is 43.0 Å². The van der Waals surface area contributed by atoms with Gasteiger partial charge in [-0.05, 0) is 76.9 Å². The van der Waals surface area contributed by atoms with Crippen LogP contribution in [0.3, 0.4) is 0 Å². The van der Waals surface area contributed by atoms with Gasteiger partial charge in [0.1, 0.15) is 22.8 Å². The van der Waals surface area contributed by atoms with E-state index in [1.807, 2.05) is 0 Å². The highest BCUT2D eigenvalue weighted by Gasteiger charge is 2.34. The molecular weight excluding hydrogens is 568 g/mol. The van der Waals surface area contributed by atoms with Crippen molar-refractivity contribution in [2.24, 2.45) is 0 Å². The van der Waals surface area contributed by atoms with Crippen LogP contribution in [-0.4, -0.2) is 44.8 Å². The highest BCUT2D eigenvalue weighted by molar-refractivity contribution is 5.95. The molecule has 12 heteroatoms. The summed E-state index contributed by atoms with van der Waals surface area (Å²) in [6.45, 7) is 9.01. The van der Waals surface area contributed by atoms with Gasteiger partial charge in [-0.25, -0.2) is 32.1 Å². The molecule has 1 amide bonds. The molecule has 0 aliphatic heterocycles. The first-order chi connectivity index (χ1) is 20.1.